The van der Waals surface area contributed by atoms with Crippen molar-refractivity contribution < 1.29 is 17.6 Å². The highest BCUT2D eigenvalue weighted by Crippen LogP contribution is 2.37. The topological polar surface area (TPSA) is 0 Å². The van der Waals surface area contributed by atoms with Crippen LogP contribution in [0.4, 0.5) is 17.6 Å². The van der Waals surface area contributed by atoms with Gasteiger partial charge in [0.15, 0.2) is 0 Å². The second kappa shape index (κ2) is 4.28. The van der Waals surface area contributed by atoms with Crippen molar-refractivity contribution in [3.8, 4) is 0 Å². The second-order valence-electron chi connectivity index (χ2n) is 3.77. The number of fused-ring (bicyclic) bond motifs is 1. The molecule has 0 fully saturated rings. The fraction of sp³-hybridized carbons (Fsp3) is 0.167. The number of benzene rings is 2. The molecule has 0 amide bonds. The summed E-state index contributed by atoms with van der Waals surface area (Å²) in [5, 5.41) is -6.29. The number of hydrogen-bond donors (Lipinski definition) is 0. The molecule has 0 aliphatic rings. The van der Waals surface area contributed by atoms with Crippen LogP contribution in [-0.4, -0.2) is 0 Å². The lowest BCUT2D eigenvalue weighted by Crippen LogP contribution is -2.04. The van der Waals surface area contributed by atoms with E-state index in [1.807, 2.05) is 0 Å². The van der Waals surface area contributed by atoms with Gasteiger partial charge in [-0.3, -0.25) is 0 Å². The molecule has 0 saturated heterocycles. The molecule has 0 nitrogen and oxygen atoms in total. The summed E-state index contributed by atoms with van der Waals surface area (Å²) in [5.41, 5.74) is -0.904. The molecular weight excluding hydrogens is 291 g/mol. The maximum atomic E-state index is 12.9. The number of rotatable bonds is 2. The van der Waals surface area contributed by atoms with Crippen LogP contribution in [0.15, 0.2) is 36.4 Å². The first-order valence-corrected chi connectivity index (χ1v) is 5.62. The van der Waals surface area contributed by atoms with E-state index in [1.165, 1.54) is 12.1 Å². The Kier molecular flexibility index (Phi) is 3.19. The van der Waals surface area contributed by atoms with Crippen molar-refractivity contribution in [2.24, 2.45) is 0 Å². The van der Waals surface area contributed by atoms with Gasteiger partial charge in [0.05, 0.1) is 0 Å². The lowest BCUT2D eigenvalue weighted by molar-refractivity contribution is 0.0952. The predicted octanol–water partition coefficient (Wildman–Crippen LogP) is 5.42. The molecule has 0 aliphatic carbocycles. The fourth-order valence-electron chi connectivity index (χ4n) is 1.60. The predicted molar refractivity (Wildman–Crippen MR) is 63.4 cm³/mol. The molecule has 2 rings (SSSR count). The molecule has 0 N–H and O–H groups in total. The van der Waals surface area contributed by atoms with E-state index in [2.05, 4.69) is 0 Å². The number of halogens is 6. The maximum absolute atomic E-state index is 12.9. The molecule has 0 atom stereocenters. The summed E-state index contributed by atoms with van der Waals surface area (Å²) in [4.78, 5) is 0. The summed E-state index contributed by atoms with van der Waals surface area (Å²) in [7, 11) is 0. The Bertz CT molecular complexity index is 536. The number of hydrogen-bond acceptors (Lipinski definition) is 0. The highest BCUT2D eigenvalue weighted by atomic mass is 35.5. The molecule has 0 spiro atoms. The van der Waals surface area contributed by atoms with Crippen molar-refractivity contribution in [1.29, 1.82) is 0 Å². The third-order valence-corrected chi connectivity index (χ3v) is 2.93. The summed E-state index contributed by atoms with van der Waals surface area (Å²) >= 11 is 9.76. The van der Waals surface area contributed by atoms with Crippen molar-refractivity contribution >= 4 is 34.0 Å². The summed E-state index contributed by atoms with van der Waals surface area (Å²) in [6.45, 7) is 0. The van der Waals surface area contributed by atoms with Crippen LogP contribution in [-0.2, 0) is 10.8 Å². The van der Waals surface area contributed by atoms with Gasteiger partial charge in [-0.15, -0.1) is 0 Å². The van der Waals surface area contributed by atoms with E-state index >= 15 is 0 Å². The van der Waals surface area contributed by atoms with Gasteiger partial charge in [-0.25, -0.2) is 0 Å². The Balaban J connectivity index is 2.61. The van der Waals surface area contributed by atoms with Crippen molar-refractivity contribution in [3.63, 3.8) is 0 Å². The van der Waals surface area contributed by atoms with E-state index in [0.717, 1.165) is 24.3 Å². The van der Waals surface area contributed by atoms with Crippen molar-refractivity contribution in [2.75, 3.05) is 0 Å². The van der Waals surface area contributed by atoms with Crippen LogP contribution in [0.1, 0.15) is 11.1 Å². The lowest BCUT2D eigenvalue weighted by atomic mass is 10.0. The minimum absolute atomic E-state index is 0.227. The van der Waals surface area contributed by atoms with Gasteiger partial charge in [-0.2, -0.15) is 17.6 Å². The zero-order chi connectivity index (χ0) is 13.6. The van der Waals surface area contributed by atoms with Gasteiger partial charge in [0.2, 0.25) is 0 Å². The van der Waals surface area contributed by atoms with Gasteiger partial charge < -0.3 is 0 Å². The highest BCUT2D eigenvalue weighted by Gasteiger charge is 2.29. The molecule has 2 aromatic rings. The first kappa shape index (κ1) is 13.4. The van der Waals surface area contributed by atoms with E-state index < -0.39 is 21.9 Å². The van der Waals surface area contributed by atoms with Crippen molar-refractivity contribution in [1.82, 2.24) is 0 Å². The maximum Gasteiger partial charge on any atom is 0.348 e. The second-order valence-corrected chi connectivity index (χ2v) is 4.72. The molecule has 0 unspecified atom stereocenters. The van der Waals surface area contributed by atoms with E-state index in [0.29, 0.717) is 5.39 Å². The van der Waals surface area contributed by atoms with Crippen LogP contribution in [0.5, 0.6) is 0 Å². The highest BCUT2D eigenvalue weighted by molar-refractivity contribution is 6.22. The molecule has 18 heavy (non-hydrogen) atoms. The monoisotopic (exact) mass is 296 g/mol. The first-order chi connectivity index (χ1) is 8.18. The third kappa shape index (κ3) is 2.70. The van der Waals surface area contributed by atoms with Gasteiger partial charge in [0, 0.05) is 11.1 Å². The van der Waals surface area contributed by atoms with Crippen LogP contribution in [0.3, 0.4) is 0 Å². The van der Waals surface area contributed by atoms with Gasteiger partial charge >= 0.3 is 10.8 Å². The molecule has 0 aliphatic heterocycles. The summed E-state index contributed by atoms with van der Waals surface area (Å²) in [5.74, 6) is 0. The van der Waals surface area contributed by atoms with Crippen LogP contribution in [0, 0.1) is 0 Å². The largest absolute Gasteiger partial charge is 0.348 e. The standard InChI is InChI=1S/C12H6Cl2F4/c13-11(15,16)9-3-1-7-2-4-10(12(14,17)18)6-8(7)5-9/h1-6H. The van der Waals surface area contributed by atoms with Crippen LogP contribution in [0.25, 0.3) is 10.8 Å². The molecule has 6 heteroatoms. The normalized spacial score (nSPS) is 13.0. The molecule has 0 saturated carbocycles. The van der Waals surface area contributed by atoms with E-state index in [1.54, 1.807) is 0 Å². The van der Waals surface area contributed by atoms with Crippen molar-refractivity contribution in [2.45, 2.75) is 10.8 Å². The molecule has 96 valence electrons. The SMILES string of the molecule is FC(F)(Cl)c1ccc2ccc(C(F)(F)Cl)cc2c1. The minimum atomic E-state index is -3.53. The Labute approximate surface area is 110 Å². The smallest absolute Gasteiger partial charge is 0.183 e. The molecular formula is C12H6Cl2F4. The van der Waals surface area contributed by atoms with Crippen LogP contribution in [0.2, 0.25) is 0 Å². The summed E-state index contributed by atoms with van der Waals surface area (Å²) in [6.07, 6.45) is 0. The summed E-state index contributed by atoms with van der Waals surface area (Å²) in [6, 6.07) is 7.19. The minimum Gasteiger partial charge on any atom is -0.183 e. The summed E-state index contributed by atoms with van der Waals surface area (Å²) < 4.78 is 51.6. The van der Waals surface area contributed by atoms with Gasteiger partial charge in [-0.05, 0) is 46.1 Å². The molecule has 0 heterocycles. The Morgan fingerprint density at radius 3 is 1.39 bits per heavy atom. The Morgan fingerprint density at radius 2 is 1.06 bits per heavy atom. The van der Waals surface area contributed by atoms with Crippen LogP contribution < -0.4 is 0 Å². The molecule has 0 bridgehead atoms. The number of alkyl halides is 6. The van der Waals surface area contributed by atoms with Gasteiger partial charge in [-0.1, -0.05) is 24.3 Å². The van der Waals surface area contributed by atoms with E-state index in [-0.39, 0.29) is 5.39 Å². The van der Waals surface area contributed by atoms with Gasteiger partial charge in [0.1, 0.15) is 0 Å². The Morgan fingerprint density at radius 1 is 0.667 bits per heavy atom. The average Bonchev–Trinajstić information content (AvgIpc) is 2.25. The zero-order valence-corrected chi connectivity index (χ0v) is 10.2. The lowest BCUT2D eigenvalue weighted by Gasteiger charge is -2.11. The van der Waals surface area contributed by atoms with Crippen molar-refractivity contribution in [3.05, 3.63) is 47.5 Å². The zero-order valence-electron chi connectivity index (χ0n) is 8.73. The quantitative estimate of drug-likeness (QED) is 0.513. The molecule has 0 aromatic heterocycles. The van der Waals surface area contributed by atoms with Crippen LogP contribution >= 0.6 is 23.2 Å². The third-order valence-electron chi connectivity index (χ3n) is 2.49. The molecule has 0 radical (unpaired) electrons. The van der Waals surface area contributed by atoms with E-state index in [9.17, 15) is 17.6 Å². The fourth-order valence-corrected chi connectivity index (χ4v) is 1.83. The molecule has 2 aromatic carbocycles. The van der Waals surface area contributed by atoms with Gasteiger partial charge in [0.25, 0.3) is 0 Å². The first-order valence-electron chi connectivity index (χ1n) is 4.86. The Hall–Kier alpha value is -1.00. The van der Waals surface area contributed by atoms with E-state index in [4.69, 9.17) is 23.2 Å². The average molecular weight is 297 g/mol.